The molecule has 3 unspecified atom stereocenters. The van der Waals surface area contributed by atoms with Crippen LogP contribution in [-0.2, 0) is 21.0 Å². The van der Waals surface area contributed by atoms with Gasteiger partial charge in [-0.15, -0.1) is 0 Å². The Kier molecular flexibility index (Phi) is 4.15. The number of ketones is 1. The van der Waals surface area contributed by atoms with E-state index in [2.05, 4.69) is 0 Å². The molecule has 4 rings (SSSR count). The van der Waals surface area contributed by atoms with Crippen LogP contribution in [0.5, 0.6) is 0 Å². The van der Waals surface area contributed by atoms with Crippen molar-refractivity contribution in [3.63, 3.8) is 0 Å². The van der Waals surface area contributed by atoms with Gasteiger partial charge in [0, 0.05) is 5.02 Å². The van der Waals surface area contributed by atoms with E-state index in [4.69, 9.17) is 16.4 Å². The number of fused-ring (bicyclic) bond motifs is 2. The number of halogens is 1. The Balaban J connectivity index is 1.61. The number of carbonyl (C=O) groups excluding carboxylic acids is 2. The van der Waals surface area contributed by atoms with Crippen molar-refractivity contribution < 1.29 is 14.4 Å². The van der Waals surface area contributed by atoms with E-state index >= 15 is 0 Å². The van der Waals surface area contributed by atoms with Gasteiger partial charge in [-0.2, -0.15) is 0 Å². The van der Waals surface area contributed by atoms with Crippen LogP contribution in [0, 0.1) is 5.92 Å². The van der Waals surface area contributed by atoms with E-state index in [9.17, 15) is 9.59 Å². The van der Waals surface area contributed by atoms with Crippen molar-refractivity contribution in [1.29, 1.82) is 0 Å². The number of hydrogen-bond acceptors (Lipinski definition) is 3. The third-order valence-electron chi connectivity index (χ3n) is 4.66. The largest absolute Gasteiger partial charge is 0.296 e. The molecule has 2 aromatic rings. The molecule has 25 heavy (non-hydrogen) atoms. The van der Waals surface area contributed by atoms with Crippen molar-refractivity contribution >= 4 is 23.3 Å². The molecule has 2 aromatic carbocycles. The minimum absolute atomic E-state index is 0.00684. The summed E-state index contributed by atoms with van der Waals surface area (Å²) in [5.41, 5.74) is 1.71. The highest BCUT2D eigenvalue weighted by Gasteiger charge is 2.50. The molecule has 2 aliphatic rings. The van der Waals surface area contributed by atoms with Crippen molar-refractivity contribution in [2.75, 3.05) is 0 Å². The van der Waals surface area contributed by atoms with Gasteiger partial charge in [0.05, 0.1) is 11.8 Å². The molecule has 0 spiro atoms. The zero-order chi connectivity index (χ0) is 17.4. The lowest BCUT2D eigenvalue weighted by Gasteiger charge is -2.36. The van der Waals surface area contributed by atoms with Gasteiger partial charge in [-0.25, -0.2) is 5.06 Å². The van der Waals surface area contributed by atoms with Crippen LogP contribution in [-0.4, -0.2) is 22.8 Å². The second-order valence-corrected chi connectivity index (χ2v) is 6.65. The van der Waals surface area contributed by atoms with Crippen molar-refractivity contribution in [3.05, 3.63) is 82.9 Å². The first kappa shape index (κ1) is 16.1. The highest BCUT2D eigenvalue weighted by Crippen LogP contribution is 2.40. The van der Waals surface area contributed by atoms with Gasteiger partial charge in [-0.3, -0.25) is 14.4 Å². The normalized spacial score (nSPS) is 24.8. The molecule has 1 amide bonds. The predicted octanol–water partition coefficient (Wildman–Crippen LogP) is 3.52. The molecule has 1 fully saturated rings. The zero-order valence-electron chi connectivity index (χ0n) is 13.3. The highest BCUT2D eigenvalue weighted by atomic mass is 35.5. The van der Waals surface area contributed by atoms with E-state index in [0.717, 1.165) is 11.1 Å². The topological polar surface area (TPSA) is 46.6 Å². The predicted molar refractivity (Wildman–Crippen MR) is 93.7 cm³/mol. The molecule has 1 saturated heterocycles. The lowest BCUT2D eigenvalue weighted by Crippen LogP contribution is -2.52. The Hall–Kier alpha value is -2.43. The minimum atomic E-state index is -0.634. The molecule has 0 radical (unpaired) electrons. The maximum Gasteiger partial charge on any atom is 0.255 e. The van der Waals surface area contributed by atoms with Gasteiger partial charge in [-0.05, 0) is 23.3 Å². The summed E-state index contributed by atoms with van der Waals surface area (Å²) in [5, 5.41) is 1.82. The summed E-state index contributed by atoms with van der Waals surface area (Å²) in [7, 11) is 0. The Labute approximate surface area is 150 Å². The Morgan fingerprint density at radius 1 is 0.960 bits per heavy atom. The lowest BCUT2D eigenvalue weighted by molar-refractivity contribution is -0.208. The number of nitrogens with zero attached hydrogens (tertiary/aromatic N) is 1. The molecule has 126 valence electrons. The SMILES string of the molecule is O=C1C2C=CC1N(OCc1ccccc1)C(=O)C2c1ccc(Cl)cc1. The number of carbonyl (C=O) groups is 2. The summed E-state index contributed by atoms with van der Waals surface area (Å²) in [6.45, 7) is 0.238. The number of hydrogen-bond donors (Lipinski definition) is 0. The molecule has 0 N–H and O–H groups in total. The average molecular weight is 354 g/mol. The zero-order valence-corrected chi connectivity index (χ0v) is 14.1. The fourth-order valence-corrected chi connectivity index (χ4v) is 3.52. The quantitative estimate of drug-likeness (QED) is 0.790. The molecule has 4 nitrogen and oxygen atoms in total. The summed E-state index contributed by atoms with van der Waals surface area (Å²) in [4.78, 5) is 31.4. The minimum Gasteiger partial charge on any atom is -0.296 e. The van der Waals surface area contributed by atoms with Crippen molar-refractivity contribution in [1.82, 2.24) is 5.06 Å². The van der Waals surface area contributed by atoms with E-state index < -0.39 is 17.9 Å². The Morgan fingerprint density at radius 2 is 1.68 bits per heavy atom. The van der Waals surface area contributed by atoms with Crippen molar-refractivity contribution in [3.8, 4) is 0 Å². The number of amides is 1. The van der Waals surface area contributed by atoms with Gasteiger partial charge in [0.1, 0.15) is 12.6 Å². The summed E-state index contributed by atoms with van der Waals surface area (Å²) in [5.74, 6) is -1.21. The third-order valence-corrected chi connectivity index (χ3v) is 4.91. The van der Waals surface area contributed by atoms with Gasteiger partial charge >= 0.3 is 0 Å². The Bertz CT molecular complexity index is 832. The first-order valence-electron chi connectivity index (χ1n) is 8.12. The maximum atomic E-state index is 13.0. The van der Waals surface area contributed by atoms with Crippen LogP contribution >= 0.6 is 11.6 Å². The smallest absolute Gasteiger partial charge is 0.255 e. The van der Waals surface area contributed by atoms with Crippen LogP contribution in [0.1, 0.15) is 17.0 Å². The van der Waals surface area contributed by atoms with E-state index in [1.165, 1.54) is 5.06 Å². The van der Waals surface area contributed by atoms with E-state index in [0.29, 0.717) is 5.02 Å². The standard InChI is InChI=1S/C20H16ClNO3/c21-15-8-6-14(7-9-15)18-16-10-11-17(19(16)23)22(20(18)24)25-12-13-4-2-1-3-5-13/h1-11,16-18H,12H2. The van der Waals surface area contributed by atoms with Crippen LogP contribution in [0.4, 0.5) is 0 Å². The summed E-state index contributed by atoms with van der Waals surface area (Å²) in [6, 6.07) is 16.0. The highest BCUT2D eigenvalue weighted by molar-refractivity contribution is 6.30. The summed E-state index contributed by atoms with van der Waals surface area (Å²) < 4.78 is 0. The number of rotatable bonds is 4. The Morgan fingerprint density at radius 3 is 2.40 bits per heavy atom. The molecule has 0 aromatic heterocycles. The fourth-order valence-electron chi connectivity index (χ4n) is 3.39. The number of benzene rings is 2. The number of piperidine rings is 1. The van der Waals surface area contributed by atoms with Crippen LogP contribution in [0.15, 0.2) is 66.7 Å². The summed E-state index contributed by atoms with van der Waals surface area (Å²) >= 11 is 5.94. The molecular formula is C20H16ClNO3. The van der Waals surface area contributed by atoms with Gasteiger partial charge in [0.2, 0.25) is 0 Å². The van der Waals surface area contributed by atoms with E-state index in [1.807, 2.05) is 36.4 Å². The molecule has 5 heteroatoms. The second kappa shape index (κ2) is 6.47. The van der Waals surface area contributed by atoms with Crippen molar-refractivity contribution in [2.45, 2.75) is 18.6 Å². The number of Topliss-reactive ketones (excluding diaryl/α,β-unsaturated/α-hetero) is 1. The molecule has 1 aliphatic carbocycles. The van der Waals surface area contributed by atoms with Crippen LogP contribution in [0.25, 0.3) is 0 Å². The lowest BCUT2D eigenvalue weighted by atomic mass is 9.81. The van der Waals surface area contributed by atoms with Gasteiger partial charge in [-0.1, -0.05) is 66.2 Å². The van der Waals surface area contributed by atoms with E-state index in [-0.39, 0.29) is 18.3 Å². The molecule has 0 saturated carbocycles. The van der Waals surface area contributed by atoms with Gasteiger partial charge < -0.3 is 0 Å². The van der Waals surface area contributed by atoms with Crippen LogP contribution in [0.3, 0.4) is 0 Å². The second-order valence-electron chi connectivity index (χ2n) is 6.21. The molecular weight excluding hydrogens is 338 g/mol. The maximum absolute atomic E-state index is 13.0. The van der Waals surface area contributed by atoms with Gasteiger partial charge in [0.25, 0.3) is 5.91 Å². The average Bonchev–Trinajstić information content (AvgIpc) is 2.92. The molecule has 2 bridgehead atoms. The van der Waals surface area contributed by atoms with Crippen molar-refractivity contribution in [2.24, 2.45) is 5.92 Å². The molecule has 3 atom stereocenters. The molecule has 1 aliphatic heterocycles. The number of hydroxylamine groups is 2. The summed E-state index contributed by atoms with van der Waals surface area (Å²) in [6.07, 6.45) is 3.57. The van der Waals surface area contributed by atoms with Gasteiger partial charge in [0.15, 0.2) is 5.78 Å². The number of allylic oxidation sites excluding steroid dienone is 1. The monoisotopic (exact) mass is 353 g/mol. The van der Waals surface area contributed by atoms with Crippen LogP contribution in [0.2, 0.25) is 5.02 Å². The third kappa shape index (κ3) is 2.88. The first-order valence-corrected chi connectivity index (χ1v) is 8.50. The fraction of sp³-hybridized carbons (Fsp3) is 0.200. The molecule has 1 heterocycles. The van der Waals surface area contributed by atoms with E-state index in [1.54, 1.807) is 30.3 Å². The van der Waals surface area contributed by atoms with Crippen LogP contribution < -0.4 is 0 Å². The first-order chi connectivity index (χ1) is 12.1.